The normalized spacial score (nSPS) is 15.1. The molecule has 0 fully saturated rings. The first-order chi connectivity index (χ1) is 18.4. The fraction of sp³-hybridized carbons (Fsp3) is 0.214. The van der Waals surface area contributed by atoms with Crippen molar-refractivity contribution >= 4 is 46.2 Å². The van der Waals surface area contributed by atoms with Crippen LogP contribution in [0.1, 0.15) is 31.0 Å². The van der Waals surface area contributed by atoms with Crippen LogP contribution in [0.25, 0.3) is 10.8 Å². The minimum absolute atomic E-state index is 0.234. The Bertz CT molecular complexity index is 1440. The van der Waals surface area contributed by atoms with Crippen molar-refractivity contribution in [3.8, 4) is 11.5 Å². The van der Waals surface area contributed by atoms with Crippen molar-refractivity contribution in [1.82, 2.24) is 16.1 Å². The highest BCUT2D eigenvalue weighted by Gasteiger charge is 2.32. The van der Waals surface area contributed by atoms with Gasteiger partial charge in [-0.2, -0.15) is 5.10 Å². The summed E-state index contributed by atoms with van der Waals surface area (Å²) in [6.07, 6.45) is 1.58. The number of para-hydroxylation sites is 1. The van der Waals surface area contributed by atoms with Gasteiger partial charge in [0, 0.05) is 22.2 Å². The Balaban J connectivity index is 1.46. The van der Waals surface area contributed by atoms with Crippen molar-refractivity contribution in [3.05, 3.63) is 83.1 Å². The molecule has 196 valence electrons. The number of carbonyl (C=O) groups is 2. The number of carbonyl (C=O) groups excluding carboxylic acids is 2. The Morgan fingerprint density at radius 1 is 1.05 bits per heavy atom. The molecule has 0 saturated carbocycles. The molecule has 0 radical (unpaired) electrons. The van der Waals surface area contributed by atoms with Gasteiger partial charge >= 0.3 is 5.97 Å². The number of fused-ring (bicyclic) bond motifs is 1. The van der Waals surface area contributed by atoms with Crippen molar-refractivity contribution in [2.45, 2.75) is 19.9 Å². The van der Waals surface area contributed by atoms with E-state index in [2.05, 4.69) is 21.2 Å². The number of benzene rings is 3. The molecule has 9 nitrogen and oxygen atoms in total. The predicted octanol–water partition coefficient (Wildman–Crippen LogP) is 3.73. The maximum absolute atomic E-state index is 12.7. The lowest BCUT2D eigenvalue weighted by Gasteiger charge is -2.30. The van der Waals surface area contributed by atoms with Gasteiger partial charge in [-0.3, -0.25) is 4.79 Å². The van der Waals surface area contributed by atoms with Crippen LogP contribution in [0.3, 0.4) is 0 Å². The molecule has 1 amide bonds. The number of hydrogen-bond acceptors (Lipinski definition) is 7. The Hall–Kier alpha value is -4.44. The molecule has 1 heterocycles. The van der Waals surface area contributed by atoms with Crippen molar-refractivity contribution in [2.75, 3.05) is 20.3 Å². The van der Waals surface area contributed by atoms with Crippen LogP contribution in [0.15, 0.2) is 77.0 Å². The summed E-state index contributed by atoms with van der Waals surface area (Å²) in [7, 11) is 1.62. The molecule has 0 spiro atoms. The summed E-state index contributed by atoms with van der Waals surface area (Å²) in [6.45, 7) is 3.45. The number of esters is 1. The molecule has 3 aromatic carbocycles. The van der Waals surface area contributed by atoms with E-state index in [-0.39, 0.29) is 13.2 Å². The quantitative estimate of drug-likeness (QED) is 0.166. The van der Waals surface area contributed by atoms with Crippen LogP contribution < -0.4 is 25.5 Å². The second-order valence-electron chi connectivity index (χ2n) is 8.31. The zero-order chi connectivity index (χ0) is 27.1. The number of thiocarbonyl (C=S) groups is 1. The standard InChI is InChI=1S/C28H28N4O5S/c1-4-36-27(34)25-17(2)30-28(38)31-26(25)21-11-7-8-12-23(21)37-16-24(33)32-29-15-18-13-14-22(35-3)20-10-6-5-9-19(18)20/h5-15,26H,4,16H2,1-3H3,(H,32,33)(H2,30,31,38)/t26-/m0/s1. The van der Waals surface area contributed by atoms with E-state index in [4.69, 9.17) is 26.4 Å². The minimum atomic E-state index is -0.608. The summed E-state index contributed by atoms with van der Waals surface area (Å²) in [4.78, 5) is 25.2. The zero-order valence-corrected chi connectivity index (χ0v) is 22.1. The first-order valence-electron chi connectivity index (χ1n) is 12.0. The average Bonchev–Trinajstić information content (AvgIpc) is 2.91. The maximum atomic E-state index is 12.7. The Labute approximate surface area is 225 Å². The number of amides is 1. The minimum Gasteiger partial charge on any atom is -0.496 e. The molecule has 3 N–H and O–H groups in total. The van der Waals surface area contributed by atoms with Crippen molar-refractivity contribution in [2.24, 2.45) is 5.10 Å². The molecule has 1 aliphatic heterocycles. The highest BCUT2D eigenvalue weighted by Crippen LogP contribution is 2.33. The number of hydrogen-bond donors (Lipinski definition) is 3. The summed E-state index contributed by atoms with van der Waals surface area (Å²) in [5, 5.41) is 12.4. The highest BCUT2D eigenvalue weighted by atomic mass is 32.1. The predicted molar refractivity (Wildman–Crippen MR) is 149 cm³/mol. The molecule has 0 aliphatic carbocycles. The van der Waals surface area contributed by atoms with Crippen LogP contribution in [0.5, 0.6) is 11.5 Å². The van der Waals surface area contributed by atoms with Crippen molar-refractivity contribution < 1.29 is 23.8 Å². The SMILES string of the molecule is CCOC(=O)C1=C(C)NC(=S)N[C@H]1c1ccccc1OCC(=O)NN=Cc1ccc(OC)c2ccccc12. The molecule has 4 rings (SSSR count). The fourth-order valence-electron chi connectivity index (χ4n) is 4.19. The highest BCUT2D eigenvalue weighted by molar-refractivity contribution is 7.80. The lowest BCUT2D eigenvalue weighted by atomic mass is 9.95. The Morgan fingerprint density at radius 3 is 2.55 bits per heavy atom. The Morgan fingerprint density at radius 2 is 1.79 bits per heavy atom. The topological polar surface area (TPSA) is 110 Å². The van der Waals surface area contributed by atoms with Gasteiger partial charge in [0.2, 0.25) is 0 Å². The van der Waals surface area contributed by atoms with Crippen LogP contribution >= 0.6 is 12.2 Å². The van der Waals surface area contributed by atoms with Crippen LogP contribution in [0, 0.1) is 0 Å². The van der Waals surface area contributed by atoms with Crippen LogP contribution in [-0.2, 0) is 14.3 Å². The molecule has 1 aliphatic rings. The number of nitrogens with one attached hydrogen (secondary N) is 3. The molecule has 0 aromatic heterocycles. The molecule has 0 unspecified atom stereocenters. The summed E-state index contributed by atoms with van der Waals surface area (Å²) < 4.78 is 16.5. The lowest BCUT2D eigenvalue weighted by molar-refractivity contribution is -0.139. The fourth-order valence-corrected chi connectivity index (χ4v) is 4.46. The molecule has 0 bridgehead atoms. The maximum Gasteiger partial charge on any atom is 0.338 e. The smallest absolute Gasteiger partial charge is 0.338 e. The molecular weight excluding hydrogens is 504 g/mol. The summed E-state index contributed by atoms with van der Waals surface area (Å²) in [6, 6.07) is 18.0. The zero-order valence-electron chi connectivity index (χ0n) is 21.2. The number of nitrogens with zero attached hydrogens (tertiary/aromatic N) is 1. The van der Waals surface area contributed by atoms with Gasteiger partial charge in [0.25, 0.3) is 5.91 Å². The van der Waals surface area contributed by atoms with E-state index in [0.717, 1.165) is 22.1 Å². The van der Waals surface area contributed by atoms with E-state index in [1.165, 1.54) is 0 Å². The molecule has 0 saturated heterocycles. The van der Waals surface area contributed by atoms with Crippen molar-refractivity contribution in [1.29, 1.82) is 0 Å². The van der Waals surface area contributed by atoms with Gasteiger partial charge < -0.3 is 24.8 Å². The summed E-state index contributed by atoms with van der Waals surface area (Å²) in [5.74, 6) is 0.268. The number of ether oxygens (including phenoxy) is 3. The van der Waals surface area contributed by atoms with Gasteiger partial charge in [0.1, 0.15) is 11.5 Å². The largest absolute Gasteiger partial charge is 0.496 e. The third-order valence-corrected chi connectivity index (χ3v) is 6.10. The molecule has 1 atom stereocenters. The van der Waals surface area contributed by atoms with Crippen LogP contribution in [0.2, 0.25) is 0 Å². The van der Waals surface area contributed by atoms with Gasteiger partial charge in [-0.1, -0.05) is 42.5 Å². The third-order valence-electron chi connectivity index (χ3n) is 5.88. The average molecular weight is 533 g/mol. The van der Waals surface area contributed by atoms with E-state index >= 15 is 0 Å². The van der Waals surface area contributed by atoms with Gasteiger partial charge in [-0.15, -0.1) is 0 Å². The van der Waals surface area contributed by atoms with Gasteiger partial charge in [0.15, 0.2) is 11.7 Å². The van der Waals surface area contributed by atoms with E-state index in [0.29, 0.717) is 27.7 Å². The number of hydrazone groups is 1. The second kappa shape index (κ2) is 12.2. The number of allylic oxidation sites excluding steroid dienone is 1. The first-order valence-corrected chi connectivity index (χ1v) is 12.4. The van der Waals surface area contributed by atoms with E-state index < -0.39 is 17.9 Å². The molecule has 3 aromatic rings. The molecule has 38 heavy (non-hydrogen) atoms. The van der Waals surface area contributed by atoms with E-state index in [1.807, 2.05) is 42.5 Å². The first kappa shape index (κ1) is 26.6. The van der Waals surface area contributed by atoms with Gasteiger partial charge in [-0.25, -0.2) is 10.2 Å². The van der Waals surface area contributed by atoms with Crippen LogP contribution in [-0.4, -0.2) is 43.5 Å². The second-order valence-corrected chi connectivity index (χ2v) is 8.72. The number of rotatable bonds is 9. The summed E-state index contributed by atoms with van der Waals surface area (Å²) >= 11 is 5.31. The lowest BCUT2D eigenvalue weighted by Crippen LogP contribution is -2.45. The van der Waals surface area contributed by atoms with E-state index in [1.54, 1.807) is 45.4 Å². The molecular formula is C28H28N4O5S. The van der Waals surface area contributed by atoms with Crippen molar-refractivity contribution in [3.63, 3.8) is 0 Å². The van der Waals surface area contributed by atoms with Crippen LogP contribution in [0.4, 0.5) is 0 Å². The molecule has 10 heteroatoms. The van der Waals surface area contributed by atoms with Gasteiger partial charge in [-0.05, 0) is 49.7 Å². The third kappa shape index (κ3) is 5.92. The number of methoxy groups -OCH3 is 1. The summed E-state index contributed by atoms with van der Waals surface area (Å²) in [5.41, 5.74) is 4.94. The van der Waals surface area contributed by atoms with E-state index in [9.17, 15) is 9.59 Å². The Kier molecular flexibility index (Phi) is 8.55. The van der Waals surface area contributed by atoms with Gasteiger partial charge in [0.05, 0.1) is 31.5 Å². The monoisotopic (exact) mass is 532 g/mol.